The molecule has 2 aliphatic rings. The van der Waals surface area contributed by atoms with Gasteiger partial charge in [0, 0.05) is 0 Å². The van der Waals surface area contributed by atoms with Crippen molar-refractivity contribution in [1.29, 1.82) is 0 Å². The number of carbonyl (C=O) groups excluding carboxylic acids is 2. The zero-order valence-electron chi connectivity index (χ0n) is 12.1. The fourth-order valence-electron chi connectivity index (χ4n) is 3.41. The molecule has 1 aliphatic heterocycles. The van der Waals surface area contributed by atoms with Crippen LogP contribution in [0.2, 0.25) is 0 Å². The summed E-state index contributed by atoms with van der Waals surface area (Å²) in [7, 11) is 0. The van der Waals surface area contributed by atoms with Gasteiger partial charge in [-0.2, -0.15) is 0 Å². The minimum Gasteiger partial charge on any atom is -0.323 e. The van der Waals surface area contributed by atoms with Crippen LogP contribution in [0.5, 0.6) is 0 Å². The molecule has 1 N–H and O–H groups in total. The van der Waals surface area contributed by atoms with Crippen LogP contribution in [-0.4, -0.2) is 22.4 Å². The maximum atomic E-state index is 12.9. The van der Waals surface area contributed by atoms with Crippen molar-refractivity contribution >= 4 is 11.9 Å². The highest BCUT2D eigenvalue weighted by atomic mass is 19.1. The second-order valence-electron chi connectivity index (χ2n) is 6.07. The lowest BCUT2D eigenvalue weighted by atomic mass is 9.73. The molecule has 0 aromatic heterocycles. The van der Waals surface area contributed by atoms with Crippen molar-refractivity contribution in [2.24, 2.45) is 5.92 Å². The lowest BCUT2D eigenvalue weighted by Gasteiger charge is -2.36. The second-order valence-corrected chi connectivity index (χ2v) is 6.07. The number of benzene rings is 1. The van der Waals surface area contributed by atoms with Gasteiger partial charge in [0.15, 0.2) is 0 Å². The first-order chi connectivity index (χ1) is 10.0. The summed E-state index contributed by atoms with van der Waals surface area (Å²) in [4.78, 5) is 26.2. The van der Waals surface area contributed by atoms with Crippen molar-refractivity contribution in [1.82, 2.24) is 10.2 Å². The summed E-state index contributed by atoms with van der Waals surface area (Å²) >= 11 is 0. The summed E-state index contributed by atoms with van der Waals surface area (Å²) in [5.74, 6) is -0.307. The van der Waals surface area contributed by atoms with Gasteiger partial charge in [-0.05, 0) is 36.5 Å². The largest absolute Gasteiger partial charge is 0.325 e. The Kier molecular flexibility index (Phi) is 3.43. The first-order valence-electron chi connectivity index (χ1n) is 7.41. The van der Waals surface area contributed by atoms with Gasteiger partial charge in [-0.1, -0.05) is 31.9 Å². The van der Waals surface area contributed by atoms with Crippen molar-refractivity contribution in [3.05, 3.63) is 35.6 Å². The molecule has 1 aromatic rings. The van der Waals surface area contributed by atoms with Crippen molar-refractivity contribution < 1.29 is 14.0 Å². The number of nitrogens with one attached hydrogen (secondary N) is 1. The molecule has 21 heavy (non-hydrogen) atoms. The van der Waals surface area contributed by atoms with Crippen LogP contribution in [0.3, 0.4) is 0 Å². The van der Waals surface area contributed by atoms with Crippen molar-refractivity contribution in [2.75, 3.05) is 0 Å². The Hall–Kier alpha value is -1.91. The third-order valence-electron chi connectivity index (χ3n) is 4.76. The van der Waals surface area contributed by atoms with Gasteiger partial charge in [0.1, 0.15) is 11.4 Å². The molecule has 1 aliphatic carbocycles. The Bertz CT molecular complexity index is 572. The second kappa shape index (κ2) is 5.13. The number of imide groups is 1. The van der Waals surface area contributed by atoms with Crippen LogP contribution >= 0.6 is 0 Å². The summed E-state index contributed by atoms with van der Waals surface area (Å²) in [6.07, 6.45) is 3.72. The van der Waals surface area contributed by atoms with Crippen LogP contribution in [0.4, 0.5) is 9.18 Å². The van der Waals surface area contributed by atoms with Crippen LogP contribution in [0.25, 0.3) is 0 Å². The van der Waals surface area contributed by atoms with E-state index in [2.05, 4.69) is 5.32 Å². The number of urea groups is 1. The van der Waals surface area contributed by atoms with E-state index >= 15 is 0 Å². The van der Waals surface area contributed by atoms with Crippen LogP contribution in [0.15, 0.2) is 24.3 Å². The van der Waals surface area contributed by atoms with Gasteiger partial charge < -0.3 is 5.32 Å². The quantitative estimate of drug-likeness (QED) is 0.851. The summed E-state index contributed by atoms with van der Waals surface area (Å²) in [5.41, 5.74) is 0.0236. The fourth-order valence-corrected chi connectivity index (χ4v) is 3.41. The number of rotatable bonds is 2. The Balaban J connectivity index is 1.82. The Morgan fingerprint density at radius 3 is 2.67 bits per heavy atom. The minimum atomic E-state index is -0.727. The molecule has 1 saturated carbocycles. The normalized spacial score (nSPS) is 29.0. The number of nitrogens with zero attached hydrogens (tertiary/aromatic N) is 1. The van der Waals surface area contributed by atoms with Crippen molar-refractivity contribution in [3.8, 4) is 0 Å². The van der Waals surface area contributed by atoms with Gasteiger partial charge in [-0.15, -0.1) is 0 Å². The van der Waals surface area contributed by atoms with Crippen molar-refractivity contribution in [2.45, 2.75) is 44.7 Å². The van der Waals surface area contributed by atoms with Crippen LogP contribution < -0.4 is 5.32 Å². The molecule has 4 nitrogen and oxygen atoms in total. The van der Waals surface area contributed by atoms with Gasteiger partial charge in [-0.25, -0.2) is 9.18 Å². The molecule has 112 valence electrons. The lowest BCUT2D eigenvalue weighted by molar-refractivity contribution is -0.134. The van der Waals surface area contributed by atoms with E-state index in [1.165, 1.54) is 17.0 Å². The first-order valence-corrected chi connectivity index (χ1v) is 7.41. The summed E-state index contributed by atoms with van der Waals surface area (Å²) in [6, 6.07) is 5.55. The lowest BCUT2D eigenvalue weighted by Crippen LogP contribution is -2.53. The number of hydrogen-bond donors (Lipinski definition) is 1. The zero-order valence-corrected chi connectivity index (χ0v) is 12.1. The van der Waals surface area contributed by atoms with Gasteiger partial charge in [0.25, 0.3) is 5.91 Å². The van der Waals surface area contributed by atoms with E-state index in [9.17, 15) is 14.0 Å². The monoisotopic (exact) mass is 290 g/mol. The average molecular weight is 290 g/mol. The van der Waals surface area contributed by atoms with E-state index in [1.54, 1.807) is 12.1 Å². The van der Waals surface area contributed by atoms with Crippen molar-refractivity contribution in [3.63, 3.8) is 0 Å². The van der Waals surface area contributed by atoms with Gasteiger partial charge in [0.2, 0.25) is 0 Å². The van der Waals surface area contributed by atoms with Gasteiger partial charge in [0.05, 0.1) is 6.54 Å². The van der Waals surface area contributed by atoms with E-state index in [4.69, 9.17) is 0 Å². The Morgan fingerprint density at radius 1 is 1.29 bits per heavy atom. The minimum absolute atomic E-state index is 0.135. The summed E-state index contributed by atoms with van der Waals surface area (Å²) < 4.78 is 12.9. The number of halogens is 1. The van der Waals surface area contributed by atoms with E-state index in [0.29, 0.717) is 6.42 Å². The fraction of sp³-hybridized carbons (Fsp3) is 0.500. The number of carbonyl (C=O) groups is 2. The van der Waals surface area contributed by atoms with Crippen LogP contribution in [0.1, 0.15) is 38.2 Å². The van der Waals surface area contributed by atoms with E-state index in [1.807, 2.05) is 6.92 Å². The maximum Gasteiger partial charge on any atom is 0.325 e. The molecule has 1 saturated heterocycles. The average Bonchev–Trinajstić information content (AvgIpc) is 2.70. The Labute approximate surface area is 123 Å². The van der Waals surface area contributed by atoms with E-state index in [0.717, 1.165) is 24.8 Å². The molecule has 0 bridgehead atoms. The Morgan fingerprint density at radius 2 is 2.00 bits per heavy atom. The standard InChI is InChI=1S/C16H19FN2O2/c1-11-4-2-3-9-16(11)14(20)19(15(21)18-16)10-12-5-7-13(17)8-6-12/h5-8,11H,2-4,9-10H2,1H3,(H,18,21)/t11-,16-/m1/s1. The highest BCUT2D eigenvalue weighted by molar-refractivity contribution is 6.07. The SMILES string of the molecule is C[C@@H]1CCCC[C@@]12NC(=O)N(Cc1ccc(F)cc1)C2=O. The molecule has 1 aromatic carbocycles. The predicted molar refractivity (Wildman–Crippen MR) is 75.8 cm³/mol. The third kappa shape index (κ3) is 2.30. The zero-order chi connectivity index (χ0) is 15.0. The third-order valence-corrected chi connectivity index (χ3v) is 4.76. The smallest absolute Gasteiger partial charge is 0.323 e. The first kappa shape index (κ1) is 14.0. The molecule has 3 amide bonds. The molecule has 1 heterocycles. The topological polar surface area (TPSA) is 49.4 Å². The van der Waals surface area contributed by atoms with E-state index in [-0.39, 0.29) is 30.2 Å². The summed E-state index contributed by atoms with van der Waals surface area (Å²) in [5, 5.41) is 2.91. The number of hydrogen-bond acceptors (Lipinski definition) is 2. The molecule has 2 fully saturated rings. The molecule has 3 rings (SSSR count). The highest BCUT2D eigenvalue weighted by Gasteiger charge is 2.54. The van der Waals surface area contributed by atoms with E-state index < -0.39 is 5.54 Å². The predicted octanol–water partition coefficient (Wildman–Crippen LogP) is 2.83. The molecule has 5 heteroatoms. The molecule has 0 unspecified atom stereocenters. The maximum absolute atomic E-state index is 12.9. The van der Waals surface area contributed by atoms with Crippen LogP contribution in [-0.2, 0) is 11.3 Å². The molecule has 1 spiro atoms. The molecular formula is C16H19FN2O2. The molecular weight excluding hydrogens is 271 g/mol. The molecule has 0 radical (unpaired) electrons. The number of amides is 3. The summed E-state index contributed by atoms with van der Waals surface area (Å²) in [6.45, 7) is 2.22. The highest BCUT2D eigenvalue weighted by Crippen LogP contribution is 2.38. The molecule has 2 atom stereocenters. The van der Waals surface area contributed by atoms with Crippen LogP contribution in [0, 0.1) is 11.7 Å². The van der Waals surface area contributed by atoms with Gasteiger partial charge in [-0.3, -0.25) is 9.69 Å². The van der Waals surface area contributed by atoms with Gasteiger partial charge >= 0.3 is 6.03 Å².